The van der Waals surface area contributed by atoms with E-state index in [-0.39, 0.29) is 16.7 Å². The number of hydrogen-bond acceptors (Lipinski definition) is 2. The van der Waals surface area contributed by atoms with E-state index in [0.29, 0.717) is 27.1 Å². The number of nitrogens with zero attached hydrogens (tertiary/aromatic N) is 2. The van der Waals surface area contributed by atoms with Gasteiger partial charge >= 0.3 is 0 Å². The number of amides is 1. The van der Waals surface area contributed by atoms with Crippen molar-refractivity contribution in [3.63, 3.8) is 0 Å². The Morgan fingerprint density at radius 2 is 1.91 bits per heavy atom. The molecule has 0 radical (unpaired) electrons. The van der Waals surface area contributed by atoms with Crippen LogP contribution in [0.4, 0.5) is 4.70 Å². The van der Waals surface area contributed by atoms with Gasteiger partial charge in [0.15, 0.2) is 0 Å². The molecule has 1 aromatic heterocycles. The Bertz CT molecular complexity index is 652. The first-order valence-corrected chi connectivity index (χ1v) is 7.43. The molecule has 22 heavy (non-hydrogen) atoms. The molecule has 120 valence electrons. The quantitative estimate of drug-likeness (QED) is 0.892. The SMILES string of the molecule is CC(Cc1c(Cl)cc(Cl)cc1Cl)NC(=O)c1cnn(C)c1.F. The maximum atomic E-state index is 12.0. The van der Waals surface area contributed by atoms with E-state index in [2.05, 4.69) is 10.4 Å². The number of aromatic nitrogens is 2. The van der Waals surface area contributed by atoms with Crippen molar-refractivity contribution >= 4 is 40.7 Å². The Morgan fingerprint density at radius 3 is 2.41 bits per heavy atom. The molecule has 2 rings (SSSR count). The molecule has 0 bridgehead atoms. The smallest absolute Gasteiger partial charge is 0.254 e. The highest BCUT2D eigenvalue weighted by atomic mass is 35.5. The number of carbonyl (C=O) groups is 1. The lowest BCUT2D eigenvalue weighted by atomic mass is 10.1. The number of halogens is 4. The van der Waals surface area contributed by atoms with Gasteiger partial charge in [0.05, 0.1) is 11.8 Å². The number of carbonyl (C=O) groups excluding carboxylic acids is 1. The lowest BCUT2D eigenvalue weighted by Crippen LogP contribution is -2.34. The second kappa shape index (κ2) is 7.81. The predicted octanol–water partition coefficient (Wildman–Crippen LogP) is 3.89. The second-order valence-corrected chi connectivity index (χ2v) is 6.08. The van der Waals surface area contributed by atoms with E-state index in [4.69, 9.17) is 34.8 Å². The minimum absolute atomic E-state index is 0. The van der Waals surface area contributed by atoms with Crippen LogP contribution < -0.4 is 5.32 Å². The third kappa shape index (κ3) is 4.60. The molecule has 1 unspecified atom stereocenters. The molecule has 1 aromatic carbocycles. The maximum absolute atomic E-state index is 12.0. The van der Waals surface area contributed by atoms with Crippen LogP contribution >= 0.6 is 34.8 Å². The van der Waals surface area contributed by atoms with Crippen LogP contribution in [0.3, 0.4) is 0 Å². The molecule has 0 saturated heterocycles. The number of nitrogens with one attached hydrogen (secondary N) is 1. The van der Waals surface area contributed by atoms with Gasteiger partial charge in [-0.3, -0.25) is 14.2 Å². The van der Waals surface area contributed by atoms with Gasteiger partial charge < -0.3 is 5.32 Å². The van der Waals surface area contributed by atoms with Gasteiger partial charge in [-0.25, -0.2) is 0 Å². The molecule has 1 amide bonds. The molecule has 0 saturated carbocycles. The molecule has 1 N–H and O–H groups in total. The molecule has 0 aliphatic heterocycles. The van der Waals surface area contributed by atoms with Crippen molar-refractivity contribution in [1.82, 2.24) is 15.1 Å². The van der Waals surface area contributed by atoms with Crippen LogP contribution in [0, 0.1) is 0 Å². The average molecular weight is 367 g/mol. The van der Waals surface area contributed by atoms with Crippen LogP contribution in [0.5, 0.6) is 0 Å². The van der Waals surface area contributed by atoms with Crippen molar-refractivity contribution in [3.8, 4) is 0 Å². The molecule has 0 spiro atoms. The summed E-state index contributed by atoms with van der Waals surface area (Å²) in [4.78, 5) is 12.0. The topological polar surface area (TPSA) is 46.9 Å². The predicted molar refractivity (Wildman–Crippen MR) is 87.8 cm³/mol. The number of rotatable bonds is 4. The fourth-order valence-electron chi connectivity index (χ4n) is 1.97. The monoisotopic (exact) mass is 365 g/mol. The number of aryl methyl sites for hydroxylation is 1. The van der Waals surface area contributed by atoms with Gasteiger partial charge in [0.25, 0.3) is 5.91 Å². The summed E-state index contributed by atoms with van der Waals surface area (Å²) in [5, 5.41) is 8.33. The van der Waals surface area contributed by atoms with Gasteiger partial charge in [-0.15, -0.1) is 0 Å². The first-order valence-electron chi connectivity index (χ1n) is 6.29. The second-order valence-electron chi connectivity index (χ2n) is 4.83. The number of benzene rings is 1. The summed E-state index contributed by atoms with van der Waals surface area (Å²) < 4.78 is 1.58. The summed E-state index contributed by atoms with van der Waals surface area (Å²) in [5.74, 6) is -0.184. The molecule has 0 aliphatic carbocycles. The molecular formula is C14H15Cl3FN3O. The first-order chi connectivity index (χ1) is 9.86. The van der Waals surface area contributed by atoms with E-state index < -0.39 is 0 Å². The molecule has 4 nitrogen and oxygen atoms in total. The Morgan fingerprint density at radius 1 is 1.32 bits per heavy atom. The van der Waals surface area contributed by atoms with Gasteiger partial charge in [-0.05, 0) is 31.0 Å². The Labute approximate surface area is 142 Å². The lowest BCUT2D eigenvalue weighted by Gasteiger charge is -2.15. The molecule has 1 heterocycles. The summed E-state index contributed by atoms with van der Waals surface area (Å²) in [6.07, 6.45) is 3.69. The Balaban J connectivity index is 0.00000242. The van der Waals surface area contributed by atoms with E-state index in [0.717, 1.165) is 5.56 Å². The van der Waals surface area contributed by atoms with Crippen LogP contribution in [0.15, 0.2) is 24.5 Å². The maximum Gasteiger partial charge on any atom is 0.254 e. The molecular weight excluding hydrogens is 352 g/mol. The summed E-state index contributed by atoms with van der Waals surface area (Å²) in [6.45, 7) is 1.88. The first kappa shape index (κ1) is 18.7. The van der Waals surface area contributed by atoms with Crippen LogP contribution in [0.2, 0.25) is 15.1 Å². The summed E-state index contributed by atoms with van der Waals surface area (Å²) in [5.41, 5.74) is 1.28. The van der Waals surface area contributed by atoms with Crippen molar-refractivity contribution in [2.45, 2.75) is 19.4 Å². The normalized spacial score (nSPS) is 11.7. The van der Waals surface area contributed by atoms with Crippen molar-refractivity contribution in [3.05, 3.63) is 50.7 Å². The third-order valence-electron chi connectivity index (χ3n) is 2.96. The van der Waals surface area contributed by atoms with Gasteiger partial charge in [-0.1, -0.05) is 34.8 Å². The molecule has 0 aliphatic rings. The number of hydrogen-bond donors (Lipinski definition) is 1. The molecule has 0 fully saturated rings. The minimum Gasteiger partial charge on any atom is -0.349 e. The fraction of sp³-hybridized carbons (Fsp3) is 0.286. The summed E-state index contributed by atoms with van der Waals surface area (Å²) >= 11 is 18.2. The van der Waals surface area contributed by atoms with Crippen LogP contribution in [-0.2, 0) is 13.5 Å². The van der Waals surface area contributed by atoms with Gasteiger partial charge in [0.2, 0.25) is 0 Å². The van der Waals surface area contributed by atoms with E-state index >= 15 is 0 Å². The molecule has 8 heteroatoms. The summed E-state index contributed by atoms with van der Waals surface area (Å²) in [7, 11) is 1.76. The van der Waals surface area contributed by atoms with E-state index in [1.54, 1.807) is 30.1 Å². The Kier molecular flexibility index (Phi) is 6.66. The zero-order valence-corrected chi connectivity index (χ0v) is 14.2. The molecule has 1 atom stereocenters. The highest BCUT2D eigenvalue weighted by Crippen LogP contribution is 2.29. The van der Waals surface area contributed by atoms with Crippen LogP contribution in [0.1, 0.15) is 22.8 Å². The Hall–Kier alpha value is -1.30. The highest BCUT2D eigenvalue weighted by molar-refractivity contribution is 6.39. The van der Waals surface area contributed by atoms with Gasteiger partial charge in [-0.2, -0.15) is 5.10 Å². The van der Waals surface area contributed by atoms with Crippen LogP contribution in [0.25, 0.3) is 0 Å². The van der Waals surface area contributed by atoms with Crippen molar-refractivity contribution < 1.29 is 9.50 Å². The summed E-state index contributed by atoms with van der Waals surface area (Å²) in [6, 6.07) is 3.15. The van der Waals surface area contributed by atoms with E-state index in [9.17, 15) is 4.79 Å². The van der Waals surface area contributed by atoms with Crippen molar-refractivity contribution in [2.75, 3.05) is 0 Å². The zero-order valence-electron chi connectivity index (χ0n) is 11.9. The third-order valence-corrected chi connectivity index (χ3v) is 3.85. The fourth-order valence-corrected chi connectivity index (χ4v) is 2.94. The van der Waals surface area contributed by atoms with Crippen molar-refractivity contribution in [2.24, 2.45) is 7.05 Å². The van der Waals surface area contributed by atoms with Gasteiger partial charge in [0, 0.05) is 34.4 Å². The van der Waals surface area contributed by atoms with Crippen molar-refractivity contribution in [1.29, 1.82) is 0 Å². The zero-order chi connectivity index (χ0) is 15.6. The van der Waals surface area contributed by atoms with E-state index in [1.165, 1.54) is 6.20 Å². The highest BCUT2D eigenvalue weighted by Gasteiger charge is 2.15. The largest absolute Gasteiger partial charge is 0.349 e. The van der Waals surface area contributed by atoms with Crippen LogP contribution in [-0.4, -0.2) is 21.7 Å². The molecule has 2 aromatic rings. The van der Waals surface area contributed by atoms with Gasteiger partial charge in [0.1, 0.15) is 0 Å². The standard InChI is InChI=1S/C14H14Cl3N3O.FH/c1-8(19-14(21)9-6-18-20(2)7-9)3-11-12(16)4-10(15)5-13(11)17;/h4-8H,3H2,1-2H3,(H,19,21);1H. The lowest BCUT2D eigenvalue weighted by molar-refractivity contribution is 0.0940. The minimum atomic E-state index is -0.184. The van der Waals surface area contributed by atoms with E-state index in [1.807, 2.05) is 6.92 Å². The average Bonchev–Trinajstić information content (AvgIpc) is 2.80.